The number of amides is 1. The molecule has 1 aromatic carbocycles. The van der Waals surface area contributed by atoms with Crippen molar-refractivity contribution in [1.82, 2.24) is 5.32 Å². The van der Waals surface area contributed by atoms with E-state index in [4.69, 9.17) is 5.73 Å². The second kappa shape index (κ2) is 6.43. The summed E-state index contributed by atoms with van der Waals surface area (Å²) in [5, 5.41) is 8.02. The van der Waals surface area contributed by atoms with E-state index in [1.165, 1.54) is 10.4 Å². The molecular weight excluding hydrogens is 270 g/mol. The van der Waals surface area contributed by atoms with Crippen molar-refractivity contribution in [2.24, 2.45) is 0 Å². The van der Waals surface area contributed by atoms with Crippen molar-refractivity contribution in [1.29, 1.82) is 0 Å². The lowest BCUT2D eigenvalue weighted by Crippen LogP contribution is -2.18. The van der Waals surface area contributed by atoms with Crippen molar-refractivity contribution in [3.05, 3.63) is 45.6 Å². The molecule has 2 aromatic rings. The molecule has 4 N–H and O–H groups in total. The lowest BCUT2D eigenvalue weighted by molar-refractivity contribution is 0.0963. The molecule has 0 unspecified atom stereocenters. The number of rotatable bonds is 5. The topological polar surface area (TPSA) is 67.2 Å². The Bertz CT molecular complexity index is 607. The molecule has 0 aliphatic rings. The molecule has 20 heavy (non-hydrogen) atoms. The van der Waals surface area contributed by atoms with E-state index >= 15 is 0 Å². The maximum Gasteiger partial charge on any atom is 0.251 e. The lowest BCUT2D eigenvalue weighted by Gasteiger charge is -2.10. The number of nitrogens with two attached hydrogens (primary N) is 1. The number of nitrogen functional groups attached to an aromatic ring is 1. The summed E-state index contributed by atoms with van der Waals surface area (Å²) >= 11 is 1.74. The summed E-state index contributed by atoms with van der Waals surface area (Å²) in [5.41, 5.74) is 9.36. The van der Waals surface area contributed by atoms with E-state index in [9.17, 15) is 4.79 Å². The first-order valence-electron chi connectivity index (χ1n) is 6.56. The molecule has 0 saturated carbocycles. The number of anilines is 2. The van der Waals surface area contributed by atoms with Crippen LogP contribution in [-0.2, 0) is 13.0 Å². The van der Waals surface area contributed by atoms with Crippen LogP contribution in [0.5, 0.6) is 0 Å². The van der Waals surface area contributed by atoms with Crippen LogP contribution in [-0.4, -0.2) is 13.0 Å². The Morgan fingerprint density at radius 2 is 2.15 bits per heavy atom. The Morgan fingerprint density at radius 3 is 2.80 bits per heavy atom. The van der Waals surface area contributed by atoms with Crippen LogP contribution >= 0.6 is 11.3 Å². The minimum Gasteiger partial charge on any atom is -0.397 e. The van der Waals surface area contributed by atoms with Crippen LogP contribution in [0.2, 0.25) is 0 Å². The van der Waals surface area contributed by atoms with E-state index in [1.54, 1.807) is 30.5 Å². The molecule has 106 valence electrons. The minimum atomic E-state index is -0.130. The highest BCUT2D eigenvalue weighted by Gasteiger charge is 2.07. The van der Waals surface area contributed by atoms with Crippen LogP contribution in [0, 0.1) is 0 Å². The molecular formula is C15H19N3OS. The smallest absolute Gasteiger partial charge is 0.251 e. The standard InChI is InChI=1S/C15H19N3OS/c1-3-10-6-7-20-14(10)9-18-13-5-4-11(8-12(13)16)15(19)17-2/h4-8,18H,3,9,16H2,1-2H3,(H,17,19). The van der Waals surface area contributed by atoms with Crippen molar-refractivity contribution in [3.63, 3.8) is 0 Å². The van der Waals surface area contributed by atoms with Crippen molar-refractivity contribution in [3.8, 4) is 0 Å². The number of benzene rings is 1. The maximum absolute atomic E-state index is 11.5. The highest BCUT2D eigenvalue weighted by molar-refractivity contribution is 7.10. The van der Waals surface area contributed by atoms with Crippen LogP contribution in [0.4, 0.5) is 11.4 Å². The van der Waals surface area contributed by atoms with Gasteiger partial charge in [0.15, 0.2) is 0 Å². The van der Waals surface area contributed by atoms with E-state index in [0.29, 0.717) is 11.3 Å². The molecule has 5 heteroatoms. The van der Waals surface area contributed by atoms with Crippen molar-refractivity contribution in [2.75, 3.05) is 18.1 Å². The van der Waals surface area contributed by atoms with Gasteiger partial charge in [-0.25, -0.2) is 0 Å². The van der Waals surface area contributed by atoms with Crippen LogP contribution < -0.4 is 16.4 Å². The summed E-state index contributed by atoms with van der Waals surface area (Å²) in [4.78, 5) is 12.8. The Balaban J connectivity index is 2.09. The average Bonchev–Trinajstić information content (AvgIpc) is 2.92. The summed E-state index contributed by atoms with van der Waals surface area (Å²) in [6.07, 6.45) is 1.03. The van der Waals surface area contributed by atoms with Gasteiger partial charge in [0.2, 0.25) is 0 Å². The molecule has 0 fully saturated rings. The molecule has 0 atom stereocenters. The van der Waals surface area contributed by atoms with Crippen LogP contribution in [0.1, 0.15) is 27.7 Å². The third-order valence-electron chi connectivity index (χ3n) is 3.20. The van der Waals surface area contributed by atoms with Crippen LogP contribution in [0.15, 0.2) is 29.6 Å². The number of carbonyl (C=O) groups is 1. The number of nitrogens with one attached hydrogen (secondary N) is 2. The fraction of sp³-hybridized carbons (Fsp3) is 0.267. The number of hydrogen-bond donors (Lipinski definition) is 3. The summed E-state index contributed by atoms with van der Waals surface area (Å²) in [7, 11) is 1.60. The predicted octanol–water partition coefficient (Wildman–Crippen LogP) is 2.86. The predicted molar refractivity (Wildman–Crippen MR) is 85.3 cm³/mol. The van der Waals surface area contributed by atoms with Crippen molar-refractivity contribution < 1.29 is 4.79 Å². The lowest BCUT2D eigenvalue weighted by atomic mass is 10.1. The molecule has 1 heterocycles. The van der Waals surface area contributed by atoms with Crippen LogP contribution in [0.3, 0.4) is 0 Å². The van der Waals surface area contributed by atoms with Gasteiger partial charge in [0.05, 0.1) is 11.4 Å². The Hall–Kier alpha value is -2.01. The van der Waals surface area contributed by atoms with Gasteiger partial charge < -0.3 is 16.4 Å². The van der Waals surface area contributed by atoms with Crippen molar-refractivity contribution in [2.45, 2.75) is 19.9 Å². The number of carbonyl (C=O) groups excluding carboxylic acids is 1. The van der Waals surface area contributed by atoms with E-state index in [0.717, 1.165) is 18.7 Å². The quantitative estimate of drug-likeness (QED) is 0.741. The monoisotopic (exact) mass is 289 g/mol. The summed E-state index contributed by atoms with van der Waals surface area (Å²) < 4.78 is 0. The third-order valence-corrected chi connectivity index (χ3v) is 4.16. The fourth-order valence-corrected chi connectivity index (χ4v) is 2.94. The van der Waals surface area contributed by atoms with Gasteiger partial charge in [-0.2, -0.15) is 0 Å². The summed E-state index contributed by atoms with van der Waals surface area (Å²) in [6, 6.07) is 7.46. The van der Waals surface area contributed by atoms with Gasteiger partial charge in [-0.05, 0) is 41.6 Å². The molecule has 0 aliphatic carbocycles. The van der Waals surface area contributed by atoms with E-state index in [2.05, 4.69) is 29.0 Å². The van der Waals surface area contributed by atoms with E-state index in [1.807, 2.05) is 6.07 Å². The average molecular weight is 289 g/mol. The van der Waals surface area contributed by atoms with Gasteiger partial charge in [-0.3, -0.25) is 4.79 Å². The van der Waals surface area contributed by atoms with Gasteiger partial charge in [0.1, 0.15) is 0 Å². The molecule has 1 amide bonds. The Labute approximate surface area is 123 Å². The molecule has 0 saturated heterocycles. The zero-order chi connectivity index (χ0) is 14.5. The SMILES string of the molecule is CCc1ccsc1CNc1ccc(C(=O)NC)cc1N. The van der Waals surface area contributed by atoms with E-state index < -0.39 is 0 Å². The third kappa shape index (κ3) is 3.11. The van der Waals surface area contributed by atoms with Gasteiger partial charge in [-0.15, -0.1) is 11.3 Å². The highest BCUT2D eigenvalue weighted by Crippen LogP contribution is 2.23. The largest absolute Gasteiger partial charge is 0.397 e. The second-order valence-electron chi connectivity index (χ2n) is 4.46. The highest BCUT2D eigenvalue weighted by atomic mass is 32.1. The second-order valence-corrected chi connectivity index (χ2v) is 5.46. The summed E-state index contributed by atoms with van der Waals surface area (Å²) in [6.45, 7) is 2.91. The van der Waals surface area contributed by atoms with Crippen molar-refractivity contribution >= 4 is 28.6 Å². The molecule has 2 rings (SSSR count). The van der Waals surface area contributed by atoms with Gasteiger partial charge in [0, 0.05) is 24.0 Å². The number of aryl methyl sites for hydroxylation is 1. The zero-order valence-corrected chi connectivity index (χ0v) is 12.5. The molecule has 0 bridgehead atoms. The first-order valence-corrected chi connectivity index (χ1v) is 7.44. The first-order chi connectivity index (χ1) is 9.65. The molecule has 1 aromatic heterocycles. The molecule has 0 radical (unpaired) electrons. The maximum atomic E-state index is 11.5. The Kier molecular flexibility index (Phi) is 4.63. The first kappa shape index (κ1) is 14.4. The van der Waals surface area contributed by atoms with Gasteiger partial charge >= 0.3 is 0 Å². The summed E-state index contributed by atoms with van der Waals surface area (Å²) in [5.74, 6) is -0.130. The minimum absolute atomic E-state index is 0.130. The Morgan fingerprint density at radius 1 is 1.35 bits per heavy atom. The zero-order valence-electron chi connectivity index (χ0n) is 11.7. The van der Waals surface area contributed by atoms with Gasteiger partial charge in [-0.1, -0.05) is 6.92 Å². The molecule has 4 nitrogen and oxygen atoms in total. The number of hydrogen-bond acceptors (Lipinski definition) is 4. The fourth-order valence-electron chi connectivity index (χ4n) is 2.02. The number of thiophene rings is 1. The molecule has 0 aliphatic heterocycles. The normalized spacial score (nSPS) is 10.3. The molecule has 0 spiro atoms. The van der Waals surface area contributed by atoms with Gasteiger partial charge in [0.25, 0.3) is 5.91 Å². The van der Waals surface area contributed by atoms with Crippen LogP contribution in [0.25, 0.3) is 0 Å². The van der Waals surface area contributed by atoms with E-state index in [-0.39, 0.29) is 5.91 Å².